The Bertz CT molecular complexity index is 786. The first-order chi connectivity index (χ1) is 10.8. The van der Waals surface area contributed by atoms with E-state index in [0.29, 0.717) is 18.2 Å². The number of hydrogen-bond acceptors (Lipinski definition) is 3. The molecule has 22 heavy (non-hydrogen) atoms. The molecule has 3 aromatic rings. The van der Waals surface area contributed by atoms with Crippen LogP contribution in [-0.4, -0.2) is 31.4 Å². The molecule has 1 amide bonds. The Kier molecular flexibility index (Phi) is 3.14. The second-order valence-electron chi connectivity index (χ2n) is 5.70. The molecule has 1 atom stereocenters. The van der Waals surface area contributed by atoms with Crippen molar-refractivity contribution in [2.24, 2.45) is 5.92 Å². The first-order valence-electron chi connectivity index (χ1n) is 7.51. The van der Waals surface area contributed by atoms with E-state index in [1.54, 1.807) is 6.20 Å². The van der Waals surface area contributed by atoms with Crippen molar-refractivity contribution in [2.45, 2.75) is 19.4 Å². The lowest BCUT2D eigenvalue weighted by molar-refractivity contribution is 0.0939. The molecule has 6 heteroatoms. The van der Waals surface area contributed by atoms with Crippen LogP contribution >= 0.6 is 0 Å². The van der Waals surface area contributed by atoms with Crippen LogP contribution in [0, 0.1) is 5.92 Å². The van der Waals surface area contributed by atoms with Gasteiger partial charge in [0.25, 0.3) is 5.91 Å². The number of hydrogen-bond donors (Lipinski definition) is 1. The van der Waals surface area contributed by atoms with Gasteiger partial charge in [0, 0.05) is 44.3 Å². The van der Waals surface area contributed by atoms with Crippen molar-refractivity contribution in [1.82, 2.24) is 24.3 Å². The molecule has 4 rings (SSSR count). The Morgan fingerprint density at radius 2 is 2.32 bits per heavy atom. The molecule has 1 aliphatic rings. The molecule has 1 unspecified atom stereocenters. The van der Waals surface area contributed by atoms with Gasteiger partial charge < -0.3 is 14.3 Å². The highest BCUT2D eigenvalue weighted by Crippen LogP contribution is 2.18. The normalized spacial score (nSPS) is 17.4. The number of rotatable bonds is 3. The molecule has 4 heterocycles. The van der Waals surface area contributed by atoms with E-state index in [1.165, 1.54) is 0 Å². The average molecular weight is 295 g/mol. The van der Waals surface area contributed by atoms with Gasteiger partial charge in [-0.15, -0.1) is 0 Å². The van der Waals surface area contributed by atoms with Crippen molar-refractivity contribution in [3.63, 3.8) is 0 Å². The fourth-order valence-electron chi connectivity index (χ4n) is 2.98. The van der Waals surface area contributed by atoms with Gasteiger partial charge in [0.2, 0.25) is 0 Å². The van der Waals surface area contributed by atoms with E-state index in [4.69, 9.17) is 0 Å². The number of carbonyl (C=O) groups is 1. The van der Waals surface area contributed by atoms with E-state index in [9.17, 15) is 4.79 Å². The minimum atomic E-state index is -0.111. The fraction of sp³-hybridized carbons (Fsp3) is 0.312. The van der Waals surface area contributed by atoms with Gasteiger partial charge in [-0.05, 0) is 24.5 Å². The van der Waals surface area contributed by atoms with Gasteiger partial charge in [-0.3, -0.25) is 4.79 Å². The molecule has 0 aromatic carbocycles. The van der Waals surface area contributed by atoms with Gasteiger partial charge in [0.1, 0.15) is 17.2 Å². The van der Waals surface area contributed by atoms with Crippen molar-refractivity contribution in [2.75, 3.05) is 6.54 Å². The SMILES string of the molecule is O=C(NCC1CCc2nccn2C1)c1cn2ccccc2n1. The van der Waals surface area contributed by atoms with Crippen LogP contribution in [-0.2, 0) is 13.0 Å². The first kappa shape index (κ1) is 13.1. The van der Waals surface area contributed by atoms with Crippen LogP contribution in [0.25, 0.3) is 5.65 Å². The summed E-state index contributed by atoms with van der Waals surface area (Å²) in [7, 11) is 0. The van der Waals surface area contributed by atoms with Gasteiger partial charge in [-0.2, -0.15) is 0 Å². The zero-order valence-electron chi connectivity index (χ0n) is 12.1. The largest absolute Gasteiger partial charge is 0.350 e. The molecular weight excluding hydrogens is 278 g/mol. The highest BCUT2D eigenvalue weighted by molar-refractivity contribution is 5.92. The quantitative estimate of drug-likeness (QED) is 0.797. The number of fused-ring (bicyclic) bond motifs is 2. The van der Waals surface area contributed by atoms with Crippen molar-refractivity contribution in [3.8, 4) is 0 Å². The van der Waals surface area contributed by atoms with E-state index < -0.39 is 0 Å². The summed E-state index contributed by atoms with van der Waals surface area (Å²) in [4.78, 5) is 20.9. The number of nitrogens with zero attached hydrogens (tertiary/aromatic N) is 4. The second kappa shape index (κ2) is 5.29. The maximum atomic E-state index is 12.2. The standard InChI is InChI=1S/C16H17N5O/c22-16(13-11-20-7-2-1-3-15(20)19-13)18-9-12-4-5-14-17-6-8-21(14)10-12/h1-3,6-8,11-12H,4-5,9-10H2,(H,18,22). The Balaban J connectivity index is 1.40. The third kappa shape index (κ3) is 2.36. The van der Waals surface area contributed by atoms with Crippen LogP contribution in [0.4, 0.5) is 0 Å². The lowest BCUT2D eigenvalue weighted by atomic mass is 9.99. The van der Waals surface area contributed by atoms with Crippen molar-refractivity contribution in [3.05, 3.63) is 54.5 Å². The predicted octanol–water partition coefficient (Wildman–Crippen LogP) is 1.52. The minimum Gasteiger partial charge on any atom is -0.350 e. The van der Waals surface area contributed by atoms with Crippen LogP contribution < -0.4 is 5.32 Å². The maximum absolute atomic E-state index is 12.2. The van der Waals surface area contributed by atoms with E-state index in [2.05, 4.69) is 19.9 Å². The molecule has 0 radical (unpaired) electrons. The number of amides is 1. The minimum absolute atomic E-state index is 0.111. The number of aromatic nitrogens is 4. The van der Waals surface area contributed by atoms with E-state index in [-0.39, 0.29) is 5.91 Å². The van der Waals surface area contributed by atoms with Gasteiger partial charge >= 0.3 is 0 Å². The summed E-state index contributed by atoms with van der Waals surface area (Å²) in [5, 5.41) is 3.00. The third-order valence-corrected chi connectivity index (χ3v) is 4.18. The molecular formula is C16H17N5O. The van der Waals surface area contributed by atoms with Gasteiger partial charge in [-0.1, -0.05) is 6.07 Å². The Hall–Kier alpha value is -2.63. The second-order valence-corrected chi connectivity index (χ2v) is 5.70. The summed E-state index contributed by atoms with van der Waals surface area (Å²) < 4.78 is 4.03. The van der Waals surface area contributed by atoms with Crippen molar-refractivity contribution < 1.29 is 4.79 Å². The summed E-state index contributed by atoms with van der Waals surface area (Å²) in [5.74, 6) is 1.48. The van der Waals surface area contributed by atoms with Crippen LogP contribution in [0.3, 0.4) is 0 Å². The summed E-state index contributed by atoms with van der Waals surface area (Å²) >= 11 is 0. The molecule has 1 aliphatic heterocycles. The number of aryl methyl sites for hydroxylation is 1. The smallest absolute Gasteiger partial charge is 0.271 e. The van der Waals surface area contributed by atoms with Crippen molar-refractivity contribution in [1.29, 1.82) is 0 Å². The van der Waals surface area contributed by atoms with Gasteiger partial charge in [0.05, 0.1) is 0 Å². The van der Waals surface area contributed by atoms with Crippen molar-refractivity contribution >= 4 is 11.6 Å². The number of nitrogens with one attached hydrogen (secondary N) is 1. The topological polar surface area (TPSA) is 64.2 Å². The monoisotopic (exact) mass is 295 g/mol. The summed E-state index contributed by atoms with van der Waals surface area (Å²) in [5.41, 5.74) is 1.25. The van der Waals surface area contributed by atoms with Gasteiger partial charge in [-0.25, -0.2) is 9.97 Å². The lowest BCUT2D eigenvalue weighted by Crippen LogP contribution is -2.33. The molecule has 0 fully saturated rings. The molecule has 112 valence electrons. The molecule has 6 nitrogen and oxygen atoms in total. The van der Waals surface area contributed by atoms with E-state index >= 15 is 0 Å². The highest BCUT2D eigenvalue weighted by atomic mass is 16.1. The Morgan fingerprint density at radius 1 is 1.36 bits per heavy atom. The van der Waals surface area contributed by atoms with Crippen LogP contribution in [0.5, 0.6) is 0 Å². The molecule has 1 N–H and O–H groups in total. The predicted molar refractivity (Wildman–Crippen MR) is 81.6 cm³/mol. The number of imidazole rings is 2. The Labute approximate surface area is 127 Å². The molecule has 0 aliphatic carbocycles. The summed E-state index contributed by atoms with van der Waals surface area (Å²) in [6.45, 7) is 1.59. The van der Waals surface area contributed by atoms with E-state index in [1.807, 2.05) is 41.2 Å². The summed E-state index contributed by atoms with van der Waals surface area (Å²) in [6, 6.07) is 5.72. The lowest BCUT2D eigenvalue weighted by Gasteiger charge is -2.23. The molecule has 0 bridgehead atoms. The number of pyridine rings is 1. The maximum Gasteiger partial charge on any atom is 0.271 e. The highest BCUT2D eigenvalue weighted by Gasteiger charge is 2.20. The molecule has 0 saturated heterocycles. The number of carbonyl (C=O) groups excluding carboxylic acids is 1. The zero-order valence-corrected chi connectivity index (χ0v) is 12.1. The fourth-order valence-corrected chi connectivity index (χ4v) is 2.98. The van der Waals surface area contributed by atoms with Crippen LogP contribution in [0.2, 0.25) is 0 Å². The van der Waals surface area contributed by atoms with E-state index in [0.717, 1.165) is 30.9 Å². The molecule has 0 saturated carbocycles. The third-order valence-electron chi connectivity index (χ3n) is 4.18. The molecule has 3 aromatic heterocycles. The van der Waals surface area contributed by atoms with Crippen LogP contribution in [0.15, 0.2) is 43.0 Å². The zero-order chi connectivity index (χ0) is 14.9. The molecule has 0 spiro atoms. The average Bonchev–Trinajstić information content (AvgIpc) is 3.18. The van der Waals surface area contributed by atoms with Crippen LogP contribution in [0.1, 0.15) is 22.7 Å². The first-order valence-corrected chi connectivity index (χ1v) is 7.51. The van der Waals surface area contributed by atoms with Gasteiger partial charge in [0.15, 0.2) is 0 Å². The summed E-state index contributed by atoms with van der Waals surface area (Å²) in [6.07, 6.45) is 9.53. The Morgan fingerprint density at radius 3 is 3.23 bits per heavy atom.